The molecule has 0 spiro atoms. The molecule has 0 saturated carbocycles. The highest BCUT2D eigenvalue weighted by molar-refractivity contribution is 5.94. The Morgan fingerprint density at radius 3 is 2.85 bits per heavy atom. The van der Waals surface area contributed by atoms with Crippen LogP contribution in [0, 0.1) is 5.92 Å². The van der Waals surface area contributed by atoms with Gasteiger partial charge < -0.3 is 10.4 Å². The standard InChI is InChI=1S/C12H21N5O3/c1-9(2)3-5-13-12(20)14-11(19)8-17-7-10(4-6-18)15-16-17/h7,9,18H,3-6,8H2,1-2H3,(H2,13,14,19,20). The van der Waals surface area contributed by atoms with Crippen molar-refractivity contribution in [2.75, 3.05) is 13.2 Å². The van der Waals surface area contributed by atoms with Crippen LogP contribution in [-0.4, -0.2) is 45.2 Å². The van der Waals surface area contributed by atoms with Gasteiger partial charge in [-0.3, -0.25) is 10.1 Å². The fourth-order valence-corrected chi connectivity index (χ4v) is 1.48. The first kappa shape index (κ1) is 16.1. The van der Waals surface area contributed by atoms with Crippen LogP contribution < -0.4 is 10.6 Å². The summed E-state index contributed by atoms with van der Waals surface area (Å²) in [6.07, 6.45) is 2.80. The van der Waals surface area contributed by atoms with Gasteiger partial charge in [0.2, 0.25) is 5.91 Å². The minimum Gasteiger partial charge on any atom is -0.396 e. The minimum atomic E-state index is -0.508. The van der Waals surface area contributed by atoms with Gasteiger partial charge in [-0.1, -0.05) is 19.1 Å². The van der Waals surface area contributed by atoms with Crippen LogP contribution in [0.25, 0.3) is 0 Å². The lowest BCUT2D eigenvalue weighted by atomic mass is 10.1. The average molecular weight is 283 g/mol. The summed E-state index contributed by atoms with van der Waals surface area (Å²) in [4.78, 5) is 23.0. The van der Waals surface area contributed by atoms with E-state index in [9.17, 15) is 9.59 Å². The lowest BCUT2D eigenvalue weighted by Crippen LogP contribution is -2.41. The van der Waals surface area contributed by atoms with Gasteiger partial charge in [-0.25, -0.2) is 9.48 Å². The number of carbonyl (C=O) groups excluding carboxylic acids is 2. The molecule has 20 heavy (non-hydrogen) atoms. The van der Waals surface area contributed by atoms with E-state index in [1.165, 1.54) is 4.68 Å². The summed E-state index contributed by atoms with van der Waals surface area (Å²) in [7, 11) is 0. The molecular formula is C12H21N5O3. The maximum Gasteiger partial charge on any atom is 0.321 e. The number of nitrogens with zero attached hydrogens (tertiary/aromatic N) is 3. The number of imide groups is 1. The highest BCUT2D eigenvalue weighted by Gasteiger charge is 2.09. The van der Waals surface area contributed by atoms with Crippen LogP contribution in [0.15, 0.2) is 6.20 Å². The first-order valence-electron chi connectivity index (χ1n) is 6.58. The van der Waals surface area contributed by atoms with Crippen molar-refractivity contribution in [2.45, 2.75) is 33.2 Å². The summed E-state index contributed by atoms with van der Waals surface area (Å²) in [6, 6.07) is -0.508. The molecule has 0 aromatic carbocycles. The molecule has 112 valence electrons. The fraction of sp³-hybridized carbons (Fsp3) is 0.667. The van der Waals surface area contributed by atoms with Gasteiger partial charge in [0, 0.05) is 25.8 Å². The number of carbonyl (C=O) groups is 2. The van der Waals surface area contributed by atoms with E-state index in [1.54, 1.807) is 6.20 Å². The maximum atomic E-state index is 11.6. The highest BCUT2D eigenvalue weighted by Crippen LogP contribution is 1.96. The highest BCUT2D eigenvalue weighted by atomic mass is 16.3. The first-order chi connectivity index (χ1) is 9.51. The molecule has 0 bridgehead atoms. The SMILES string of the molecule is CC(C)CCNC(=O)NC(=O)Cn1cc(CCO)nn1. The minimum absolute atomic E-state index is 0.0247. The van der Waals surface area contributed by atoms with Gasteiger partial charge >= 0.3 is 6.03 Å². The monoisotopic (exact) mass is 283 g/mol. The summed E-state index contributed by atoms with van der Waals surface area (Å²) in [6.45, 7) is 4.53. The second-order valence-corrected chi connectivity index (χ2v) is 4.87. The van der Waals surface area contributed by atoms with Crippen LogP contribution in [0.5, 0.6) is 0 Å². The Balaban J connectivity index is 2.29. The summed E-state index contributed by atoms with van der Waals surface area (Å²) in [5.74, 6) is 0.0265. The largest absolute Gasteiger partial charge is 0.396 e. The maximum absolute atomic E-state index is 11.6. The van der Waals surface area contributed by atoms with Crippen LogP contribution in [0.3, 0.4) is 0 Å². The first-order valence-corrected chi connectivity index (χ1v) is 6.58. The van der Waals surface area contributed by atoms with Crippen molar-refractivity contribution < 1.29 is 14.7 Å². The quantitative estimate of drug-likeness (QED) is 0.635. The van der Waals surface area contributed by atoms with Crippen molar-refractivity contribution in [3.8, 4) is 0 Å². The lowest BCUT2D eigenvalue weighted by Gasteiger charge is -2.07. The molecule has 8 nitrogen and oxygen atoms in total. The molecular weight excluding hydrogens is 262 g/mol. The van der Waals surface area contributed by atoms with Gasteiger partial charge in [0.05, 0.1) is 5.69 Å². The van der Waals surface area contributed by atoms with Crippen LogP contribution in [0.2, 0.25) is 0 Å². The second kappa shape index (κ2) is 8.26. The summed E-state index contributed by atoms with van der Waals surface area (Å²) >= 11 is 0. The third-order valence-electron chi connectivity index (χ3n) is 2.52. The molecule has 0 aliphatic rings. The third kappa shape index (κ3) is 6.28. The molecule has 0 atom stereocenters. The van der Waals surface area contributed by atoms with Gasteiger partial charge in [0.15, 0.2) is 0 Å². The Hall–Kier alpha value is -1.96. The van der Waals surface area contributed by atoms with Gasteiger partial charge in [-0.15, -0.1) is 5.10 Å². The predicted octanol–water partition coefficient (Wildman–Crippen LogP) is -0.315. The van der Waals surface area contributed by atoms with Crippen LogP contribution in [-0.2, 0) is 17.8 Å². The molecule has 1 aromatic rings. The molecule has 8 heteroatoms. The Labute approximate surface area is 117 Å². The Kier molecular flexibility index (Phi) is 6.65. The number of aromatic nitrogens is 3. The van der Waals surface area contributed by atoms with Crippen molar-refractivity contribution in [2.24, 2.45) is 5.92 Å². The van der Waals surface area contributed by atoms with Crippen molar-refractivity contribution in [3.05, 3.63) is 11.9 Å². The zero-order chi connectivity index (χ0) is 15.0. The molecule has 0 aliphatic heterocycles. The Morgan fingerprint density at radius 2 is 2.20 bits per heavy atom. The number of hydrogen-bond donors (Lipinski definition) is 3. The zero-order valence-corrected chi connectivity index (χ0v) is 11.8. The van der Waals surface area contributed by atoms with Crippen molar-refractivity contribution in [1.82, 2.24) is 25.6 Å². The topological polar surface area (TPSA) is 109 Å². The molecule has 0 saturated heterocycles. The van der Waals surface area contributed by atoms with E-state index in [1.807, 2.05) is 0 Å². The Morgan fingerprint density at radius 1 is 1.45 bits per heavy atom. The molecule has 3 amide bonds. The predicted molar refractivity (Wildman–Crippen MR) is 71.8 cm³/mol. The van der Waals surface area contributed by atoms with Crippen LogP contribution >= 0.6 is 0 Å². The summed E-state index contributed by atoms with van der Waals surface area (Å²) in [5.41, 5.74) is 0.599. The van der Waals surface area contributed by atoms with E-state index in [0.717, 1.165) is 6.42 Å². The van der Waals surface area contributed by atoms with E-state index < -0.39 is 11.9 Å². The smallest absolute Gasteiger partial charge is 0.321 e. The molecule has 1 heterocycles. The van der Waals surface area contributed by atoms with E-state index in [4.69, 9.17) is 5.11 Å². The van der Waals surface area contributed by atoms with E-state index in [2.05, 4.69) is 34.8 Å². The summed E-state index contributed by atoms with van der Waals surface area (Å²) < 4.78 is 1.32. The van der Waals surface area contributed by atoms with Crippen LogP contribution in [0.1, 0.15) is 26.0 Å². The summed E-state index contributed by atoms with van der Waals surface area (Å²) in [5, 5.41) is 21.1. The number of aliphatic hydroxyl groups is 1. The molecule has 1 rings (SSSR count). The lowest BCUT2D eigenvalue weighted by molar-refractivity contribution is -0.120. The van der Waals surface area contributed by atoms with Crippen LogP contribution in [0.4, 0.5) is 4.79 Å². The number of urea groups is 1. The number of rotatable bonds is 7. The number of amides is 3. The molecule has 1 aromatic heterocycles. The number of aliphatic hydroxyl groups excluding tert-OH is 1. The van der Waals surface area contributed by atoms with Gasteiger partial charge in [-0.2, -0.15) is 0 Å². The third-order valence-corrected chi connectivity index (χ3v) is 2.52. The van der Waals surface area contributed by atoms with Gasteiger partial charge in [0.1, 0.15) is 6.54 Å². The van der Waals surface area contributed by atoms with Gasteiger partial charge in [-0.05, 0) is 12.3 Å². The normalized spacial score (nSPS) is 10.6. The molecule has 0 unspecified atom stereocenters. The molecule has 0 aliphatic carbocycles. The van der Waals surface area contributed by atoms with E-state index in [0.29, 0.717) is 24.6 Å². The molecule has 0 fully saturated rings. The second-order valence-electron chi connectivity index (χ2n) is 4.87. The zero-order valence-electron chi connectivity index (χ0n) is 11.8. The number of nitrogens with one attached hydrogen (secondary N) is 2. The fourth-order valence-electron chi connectivity index (χ4n) is 1.48. The molecule has 3 N–H and O–H groups in total. The van der Waals surface area contributed by atoms with E-state index >= 15 is 0 Å². The average Bonchev–Trinajstić information content (AvgIpc) is 2.76. The van der Waals surface area contributed by atoms with Crippen molar-refractivity contribution in [3.63, 3.8) is 0 Å². The van der Waals surface area contributed by atoms with Crippen molar-refractivity contribution in [1.29, 1.82) is 0 Å². The van der Waals surface area contributed by atoms with Gasteiger partial charge in [0.25, 0.3) is 0 Å². The van der Waals surface area contributed by atoms with E-state index in [-0.39, 0.29) is 13.2 Å². The molecule has 0 radical (unpaired) electrons. The Bertz CT molecular complexity index is 444. The number of hydrogen-bond acceptors (Lipinski definition) is 5. The van der Waals surface area contributed by atoms with Crippen molar-refractivity contribution >= 4 is 11.9 Å².